The molecule has 1 aliphatic heterocycles. The number of hydrogen-bond acceptors (Lipinski definition) is 6. The van der Waals surface area contributed by atoms with Crippen molar-refractivity contribution in [1.82, 2.24) is 4.98 Å². The molecule has 0 radical (unpaired) electrons. The maximum atomic E-state index is 14.0. The molecular weight excluding hydrogens is 348 g/mol. The number of benzene rings is 1. The van der Waals surface area contributed by atoms with Gasteiger partial charge in [0, 0.05) is 12.1 Å². The Balaban J connectivity index is 2.00. The van der Waals surface area contributed by atoms with Crippen LogP contribution in [-0.2, 0) is 10.0 Å². The average molecular weight is 361 g/mol. The SMILES string of the molecule is NS(=O)(=O)c1cnc(N2CC(O)CC2c2cc(F)ccc2F)s1. The maximum Gasteiger partial charge on any atom is 0.249 e. The fraction of sp³-hybridized carbons (Fsp3) is 0.308. The molecule has 0 spiro atoms. The number of β-amino-alcohol motifs (C(OH)–C–C–N with tert-alkyl or cyclic N) is 1. The van der Waals surface area contributed by atoms with E-state index in [9.17, 15) is 22.3 Å². The Kier molecular flexibility index (Phi) is 4.08. The molecule has 0 bridgehead atoms. The summed E-state index contributed by atoms with van der Waals surface area (Å²) in [7, 11) is -3.89. The van der Waals surface area contributed by atoms with E-state index in [1.54, 1.807) is 4.90 Å². The quantitative estimate of drug-likeness (QED) is 0.861. The number of anilines is 1. The summed E-state index contributed by atoms with van der Waals surface area (Å²) in [4.78, 5) is 5.54. The Hall–Kier alpha value is -1.62. The van der Waals surface area contributed by atoms with Crippen LogP contribution >= 0.6 is 11.3 Å². The van der Waals surface area contributed by atoms with Crippen LogP contribution in [-0.4, -0.2) is 31.2 Å². The molecule has 1 saturated heterocycles. The van der Waals surface area contributed by atoms with Crippen LogP contribution in [0.1, 0.15) is 18.0 Å². The summed E-state index contributed by atoms with van der Waals surface area (Å²) in [6, 6.07) is 2.46. The number of primary sulfonamides is 1. The summed E-state index contributed by atoms with van der Waals surface area (Å²) in [6.07, 6.45) is 0.536. The Labute approximate surface area is 135 Å². The van der Waals surface area contributed by atoms with Crippen molar-refractivity contribution in [1.29, 1.82) is 0 Å². The second-order valence-corrected chi connectivity index (χ2v) is 8.03. The molecule has 10 heteroatoms. The molecule has 3 rings (SSSR count). The van der Waals surface area contributed by atoms with Crippen molar-refractivity contribution < 1.29 is 22.3 Å². The molecule has 0 amide bonds. The van der Waals surface area contributed by atoms with Gasteiger partial charge in [0.25, 0.3) is 0 Å². The van der Waals surface area contributed by atoms with Gasteiger partial charge in [-0.05, 0) is 24.6 Å². The van der Waals surface area contributed by atoms with Crippen LogP contribution in [0.5, 0.6) is 0 Å². The number of nitrogens with two attached hydrogens (primary N) is 1. The zero-order chi connectivity index (χ0) is 16.8. The number of hydrogen-bond donors (Lipinski definition) is 2. The Morgan fingerprint density at radius 1 is 1.39 bits per heavy atom. The van der Waals surface area contributed by atoms with E-state index in [1.165, 1.54) is 0 Å². The number of rotatable bonds is 3. The normalized spacial score (nSPS) is 21.8. The first-order valence-electron chi connectivity index (χ1n) is 6.64. The average Bonchev–Trinajstić information content (AvgIpc) is 3.07. The van der Waals surface area contributed by atoms with Gasteiger partial charge in [0.05, 0.1) is 18.3 Å². The lowest BCUT2D eigenvalue weighted by Crippen LogP contribution is -2.24. The molecule has 2 unspecified atom stereocenters. The van der Waals surface area contributed by atoms with Gasteiger partial charge >= 0.3 is 0 Å². The molecular formula is C13H13F2N3O3S2. The van der Waals surface area contributed by atoms with Crippen LogP contribution in [0.3, 0.4) is 0 Å². The van der Waals surface area contributed by atoms with Crippen LogP contribution in [0.25, 0.3) is 0 Å². The molecule has 0 saturated carbocycles. The molecule has 1 aromatic carbocycles. The lowest BCUT2D eigenvalue weighted by molar-refractivity contribution is 0.194. The second-order valence-electron chi connectivity index (χ2n) is 5.23. The van der Waals surface area contributed by atoms with Gasteiger partial charge in [0.2, 0.25) is 10.0 Å². The minimum atomic E-state index is -3.89. The van der Waals surface area contributed by atoms with Crippen LogP contribution in [0.15, 0.2) is 28.6 Å². The van der Waals surface area contributed by atoms with Crippen LogP contribution in [0, 0.1) is 11.6 Å². The highest BCUT2D eigenvalue weighted by Crippen LogP contribution is 2.39. The number of aromatic nitrogens is 1. The van der Waals surface area contributed by atoms with E-state index >= 15 is 0 Å². The molecule has 1 aliphatic rings. The monoisotopic (exact) mass is 361 g/mol. The summed E-state index contributed by atoms with van der Waals surface area (Å²) in [5.41, 5.74) is 0.0916. The maximum absolute atomic E-state index is 14.0. The summed E-state index contributed by atoms with van der Waals surface area (Å²) in [6.45, 7) is 0.137. The highest BCUT2D eigenvalue weighted by Gasteiger charge is 2.36. The van der Waals surface area contributed by atoms with E-state index in [2.05, 4.69) is 4.98 Å². The predicted octanol–water partition coefficient (Wildman–Crippen LogP) is 1.38. The molecule has 1 fully saturated rings. The first-order chi connectivity index (χ1) is 10.8. The van der Waals surface area contributed by atoms with E-state index in [0.29, 0.717) is 0 Å². The molecule has 23 heavy (non-hydrogen) atoms. The fourth-order valence-corrected chi connectivity index (χ4v) is 4.20. The number of thiazole rings is 1. The van der Waals surface area contributed by atoms with Gasteiger partial charge in [0.1, 0.15) is 11.6 Å². The summed E-state index contributed by atoms with van der Waals surface area (Å²) in [5, 5.41) is 15.2. The zero-order valence-electron chi connectivity index (χ0n) is 11.7. The number of nitrogens with zero attached hydrogens (tertiary/aromatic N) is 2. The van der Waals surface area contributed by atoms with E-state index in [-0.39, 0.29) is 27.9 Å². The smallest absolute Gasteiger partial charge is 0.249 e. The van der Waals surface area contributed by atoms with Crippen molar-refractivity contribution >= 4 is 26.5 Å². The molecule has 0 aliphatic carbocycles. The van der Waals surface area contributed by atoms with Crippen molar-refractivity contribution in [3.8, 4) is 0 Å². The van der Waals surface area contributed by atoms with Gasteiger partial charge < -0.3 is 10.0 Å². The minimum Gasteiger partial charge on any atom is -0.391 e. The van der Waals surface area contributed by atoms with Gasteiger partial charge in [-0.15, -0.1) is 0 Å². The Morgan fingerprint density at radius 2 is 2.13 bits per heavy atom. The third-order valence-corrected chi connectivity index (χ3v) is 6.04. The topological polar surface area (TPSA) is 96.5 Å². The van der Waals surface area contributed by atoms with Gasteiger partial charge in [-0.1, -0.05) is 11.3 Å². The van der Waals surface area contributed by atoms with Gasteiger partial charge in [0.15, 0.2) is 9.34 Å². The number of halogens is 2. The molecule has 3 N–H and O–H groups in total. The first kappa shape index (κ1) is 16.2. The number of aliphatic hydroxyl groups is 1. The van der Waals surface area contributed by atoms with E-state index in [4.69, 9.17) is 5.14 Å². The van der Waals surface area contributed by atoms with Crippen LogP contribution < -0.4 is 10.0 Å². The van der Waals surface area contributed by atoms with Crippen LogP contribution in [0.2, 0.25) is 0 Å². The van der Waals surface area contributed by atoms with E-state index < -0.39 is 33.8 Å². The van der Waals surface area contributed by atoms with Gasteiger partial charge in [-0.25, -0.2) is 27.3 Å². The fourth-order valence-electron chi connectivity index (χ4n) is 2.60. The zero-order valence-corrected chi connectivity index (χ0v) is 13.3. The van der Waals surface area contributed by atoms with E-state index in [0.717, 1.165) is 35.7 Å². The largest absolute Gasteiger partial charge is 0.391 e. The highest BCUT2D eigenvalue weighted by molar-refractivity contribution is 7.91. The third-order valence-electron chi connectivity index (χ3n) is 3.59. The second kappa shape index (κ2) is 5.78. The first-order valence-corrected chi connectivity index (χ1v) is 9.00. The lowest BCUT2D eigenvalue weighted by atomic mass is 10.0. The minimum absolute atomic E-state index is 0.0916. The standard InChI is InChI=1S/C13H13F2N3O3S2/c14-7-1-2-10(15)9(3-7)11-4-8(19)6-18(11)13-17-5-12(22-13)23(16,20)21/h1-3,5,8,11,19H,4,6H2,(H2,16,20,21). The third kappa shape index (κ3) is 3.20. The predicted molar refractivity (Wildman–Crippen MR) is 80.6 cm³/mol. The number of aliphatic hydroxyl groups excluding tert-OH is 1. The van der Waals surface area contributed by atoms with Crippen molar-refractivity contribution in [3.05, 3.63) is 41.6 Å². The van der Waals surface area contributed by atoms with Gasteiger partial charge in [-0.3, -0.25) is 0 Å². The molecule has 6 nitrogen and oxygen atoms in total. The van der Waals surface area contributed by atoms with Crippen molar-refractivity contribution in [2.75, 3.05) is 11.4 Å². The lowest BCUT2D eigenvalue weighted by Gasteiger charge is -2.24. The molecule has 1 aromatic heterocycles. The molecule has 124 valence electrons. The Morgan fingerprint density at radius 3 is 2.78 bits per heavy atom. The summed E-state index contributed by atoms with van der Waals surface area (Å²) in [5.74, 6) is -1.19. The Bertz CT molecular complexity index is 841. The number of sulfonamides is 1. The van der Waals surface area contributed by atoms with Crippen molar-refractivity contribution in [2.24, 2.45) is 5.14 Å². The highest BCUT2D eigenvalue weighted by atomic mass is 32.2. The van der Waals surface area contributed by atoms with Gasteiger partial charge in [-0.2, -0.15) is 0 Å². The van der Waals surface area contributed by atoms with Crippen molar-refractivity contribution in [3.63, 3.8) is 0 Å². The molecule has 2 atom stereocenters. The summed E-state index contributed by atoms with van der Waals surface area (Å²) < 4.78 is 50.0. The van der Waals surface area contributed by atoms with Crippen LogP contribution in [0.4, 0.5) is 13.9 Å². The van der Waals surface area contributed by atoms with Crippen molar-refractivity contribution in [2.45, 2.75) is 22.8 Å². The molecule has 2 aromatic rings. The molecule has 2 heterocycles. The summed E-state index contributed by atoms with van der Waals surface area (Å²) >= 11 is 0.822. The van der Waals surface area contributed by atoms with E-state index in [1.807, 2.05) is 0 Å².